The minimum Gasteiger partial charge on any atom is -0.496 e. The predicted molar refractivity (Wildman–Crippen MR) is 118 cm³/mol. The molecule has 1 aromatic heterocycles. The predicted octanol–water partition coefficient (Wildman–Crippen LogP) is 1.91. The number of hydrogen-bond donors (Lipinski definition) is 2. The monoisotopic (exact) mass is 498 g/mol. The van der Waals surface area contributed by atoms with Crippen molar-refractivity contribution in [3.63, 3.8) is 0 Å². The average molecular weight is 498 g/mol. The lowest BCUT2D eigenvalue weighted by atomic mass is 10.1. The smallest absolute Gasteiger partial charge is 0.191 e. The van der Waals surface area contributed by atoms with Crippen LogP contribution >= 0.6 is 24.0 Å². The van der Waals surface area contributed by atoms with E-state index in [0.29, 0.717) is 6.54 Å². The fraction of sp³-hybridized carbons (Fsp3) is 0.526. The van der Waals surface area contributed by atoms with Crippen LogP contribution < -0.4 is 20.1 Å². The molecule has 0 amide bonds. The van der Waals surface area contributed by atoms with Gasteiger partial charge in [-0.05, 0) is 25.5 Å². The zero-order chi connectivity index (χ0) is 18.8. The minimum atomic E-state index is 0. The number of halogens is 1. The lowest BCUT2D eigenvalue weighted by Crippen LogP contribution is -2.46. The topological polar surface area (TPSA) is 85.6 Å². The van der Waals surface area contributed by atoms with E-state index in [9.17, 15) is 0 Å². The molecule has 0 radical (unpaired) electrons. The second kappa shape index (κ2) is 8.97. The number of fused-ring (bicyclic) bond motifs is 2. The Kier molecular flexibility index (Phi) is 6.63. The summed E-state index contributed by atoms with van der Waals surface area (Å²) in [5, 5.41) is 11.1. The third-order valence-corrected chi connectivity index (χ3v) is 5.12. The summed E-state index contributed by atoms with van der Waals surface area (Å²) < 4.78 is 13.4. The van der Waals surface area contributed by atoms with Crippen LogP contribution in [0.3, 0.4) is 0 Å². The van der Waals surface area contributed by atoms with Gasteiger partial charge in [-0.2, -0.15) is 5.10 Å². The van der Waals surface area contributed by atoms with Crippen molar-refractivity contribution in [3.05, 3.63) is 35.4 Å². The summed E-state index contributed by atoms with van der Waals surface area (Å²) in [6.45, 7) is 3.49. The number of benzene rings is 1. The maximum absolute atomic E-state index is 5.88. The third kappa shape index (κ3) is 4.34. The van der Waals surface area contributed by atoms with E-state index in [-0.39, 0.29) is 36.1 Å². The quantitative estimate of drug-likeness (QED) is 0.381. The first-order valence-electron chi connectivity index (χ1n) is 9.36. The number of ether oxygens (including phenoxy) is 2. The molecule has 0 saturated carbocycles. The van der Waals surface area contributed by atoms with Crippen LogP contribution in [0.1, 0.15) is 30.3 Å². The van der Waals surface area contributed by atoms with Crippen LogP contribution in [-0.2, 0) is 25.9 Å². The van der Waals surface area contributed by atoms with Crippen molar-refractivity contribution in [2.75, 3.05) is 14.2 Å². The van der Waals surface area contributed by atoms with Gasteiger partial charge in [0.05, 0.1) is 13.7 Å². The highest BCUT2D eigenvalue weighted by molar-refractivity contribution is 14.0. The Hall–Kier alpha value is -2.04. The number of guanidine groups is 1. The van der Waals surface area contributed by atoms with E-state index in [1.807, 2.05) is 4.68 Å². The molecule has 2 aromatic rings. The standard InChI is InChI=1S/C19H26N6O2.HI/c1-12-6-13-7-16(26-3)14(8-17(13)27-12)9-21-19(20-2)24-15-4-5-18-22-11-23-25(18)10-15;/h7-8,11-12,15H,4-6,9-10H2,1-3H3,(H2,20,21,24);1H. The van der Waals surface area contributed by atoms with Crippen molar-refractivity contribution in [1.29, 1.82) is 0 Å². The highest BCUT2D eigenvalue weighted by Crippen LogP contribution is 2.34. The molecule has 152 valence electrons. The van der Waals surface area contributed by atoms with E-state index in [4.69, 9.17) is 9.47 Å². The fourth-order valence-corrected chi connectivity index (χ4v) is 3.73. The minimum absolute atomic E-state index is 0. The number of aryl methyl sites for hydroxylation is 1. The van der Waals surface area contributed by atoms with Gasteiger partial charge < -0.3 is 20.1 Å². The Morgan fingerprint density at radius 2 is 2.29 bits per heavy atom. The number of nitrogens with zero attached hydrogens (tertiary/aromatic N) is 4. The van der Waals surface area contributed by atoms with Gasteiger partial charge in [0, 0.05) is 43.6 Å². The molecule has 4 rings (SSSR count). The van der Waals surface area contributed by atoms with E-state index < -0.39 is 0 Å². The first-order valence-corrected chi connectivity index (χ1v) is 9.36. The molecular formula is C19H27IN6O2. The molecule has 2 aliphatic rings. The van der Waals surface area contributed by atoms with Crippen molar-refractivity contribution in [2.45, 2.75) is 51.4 Å². The first-order chi connectivity index (χ1) is 13.2. The molecule has 0 aliphatic carbocycles. The highest BCUT2D eigenvalue weighted by Gasteiger charge is 2.23. The van der Waals surface area contributed by atoms with Crippen LogP contribution in [0.4, 0.5) is 0 Å². The molecule has 0 fully saturated rings. The van der Waals surface area contributed by atoms with Gasteiger partial charge in [0.15, 0.2) is 5.96 Å². The number of nitrogens with one attached hydrogen (secondary N) is 2. The summed E-state index contributed by atoms with van der Waals surface area (Å²) in [6, 6.07) is 4.43. The number of hydrogen-bond acceptors (Lipinski definition) is 5. The van der Waals surface area contributed by atoms with Crippen molar-refractivity contribution in [3.8, 4) is 11.5 Å². The lowest BCUT2D eigenvalue weighted by molar-refractivity contribution is 0.254. The molecule has 2 aliphatic heterocycles. The molecule has 28 heavy (non-hydrogen) atoms. The SMILES string of the molecule is CN=C(NCc1cc2c(cc1OC)CC(C)O2)NC1CCc2ncnn2C1.I. The van der Waals surface area contributed by atoms with Gasteiger partial charge in [0.25, 0.3) is 0 Å². The number of methoxy groups -OCH3 is 1. The van der Waals surface area contributed by atoms with Gasteiger partial charge in [-0.15, -0.1) is 24.0 Å². The average Bonchev–Trinajstić information content (AvgIpc) is 3.28. The van der Waals surface area contributed by atoms with Gasteiger partial charge in [-0.1, -0.05) is 0 Å². The Morgan fingerprint density at radius 1 is 1.43 bits per heavy atom. The Bertz CT molecular complexity index is 853. The molecule has 9 heteroatoms. The van der Waals surface area contributed by atoms with E-state index in [1.54, 1.807) is 20.5 Å². The van der Waals surface area contributed by atoms with Crippen molar-refractivity contribution >= 4 is 29.9 Å². The maximum atomic E-state index is 5.88. The summed E-state index contributed by atoms with van der Waals surface area (Å²) in [5.74, 6) is 3.64. The van der Waals surface area contributed by atoms with Gasteiger partial charge >= 0.3 is 0 Å². The van der Waals surface area contributed by atoms with Crippen LogP contribution in [0.25, 0.3) is 0 Å². The van der Waals surface area contributed by atoms with E-state index in [0.717, 1.165) is 54.7 Å². The van der Waals surface area contributed by atoms with Gasteiger partial charge in [-0.25, -0.2) is 9.67 Å². The number of aromatic nitrogens is 3. The molecule has 2 unspecified atom stereocenters. The van der Waals surface area contributed by atoms with Crippen molar-refractivity contribution in [2.24, 2.45) is 4.99 Å². The second-order valence-electron chi connectivity index (χ2n) is 7.07. The second-order valence-corrected chi connectivity index (χ2v) is 7.07. The molecule has 1 aromatic carbocycles. The molecule has 2 atom stereocenters. The summed E-state index contributed by atoms with van der Waals surface area (Å²) >= 11 is 0. The van der Waals surface area contributed by atoms with Crippen LogP contribution in [-0.4, -0.2) is 47.0 Å². The van der Waals surface area contributed by atoms with Crippen molar-refractivity contribution < 1.29 is 9.47 Å². The fourth-order valence-electron chi connectivity index (χ4n) is 3.73. The number of rotatable bonds is 4. The highest BCUT2D eigenvalue weighted by atomic mass is 127. The molecular weight excluding hydrogens is 471 g/mol. The van der Waals surface area contributed by atoms with Crippen LogP contribution in [0, 0.1) is 0 Å². The Balaban J connectivity index is 0.00000225. The molecule has 2 N–H and O–H groups in total. The Morgan fingerprint density at radius 3 is 3.07 bits per heavy atom. The molecule has 0 saturated heterocycles. The van der Waals surface area contributed by atoms with Gasteiger partial charge in [0.1, 0.15) is 29.8 Å². The van der Waals surface area contributed by atoms with E-state index in [1.165, 1.54) is 5.56 Å². The summed E-state index contributed by atoms with van der Waals surface area (Å²) in [7, 11) is 3.49. The zero-order valence-electron chi connectivity index (χ0n) is 16.4. The summed E-state index contributed by atoms with van der Waals surface area (Å²) in [6.07, 6.45) is 4.69. The molecule has 0 spiro atoms. The summed E-state index contributed by atoms with van der Waals surface area (Å²) in [4.78, 5) is 8.63. The first kappa shape index (κ1) is 20.7. The summed E-state index contributed by atoms with van der Waals surface area (Å²) in [5.41, 5.74) is 2.26. The van der Waals surface area contributed by atoms with Crippen LogP contribution in [0.5, 0.6) is 11.5 Å². The Labute approximate surface area is 182 Å². The molecule has 3 heterocycles. The maximum Gasteiger partial charge on any atom is 0.191 e. The molecule has 0 bridgehead atoms. The third-order valence-electron chi connectivity index (χ3n) is 5.12. The van der Waals surface area contributed by atoms with Gasteiger partial charge in [0.2, 0.25) is 0 Å². The van der Waals surface area contributed by atoms with Crippen LogP contribution in [0.15, 0.2) is 23.5 Å². The van der Waals surface area contributed by atoms with Crippen LogP contribution in [0.2, 0.25) is 0 Å². The molecule has 8 nitrogen and oxygen atoms in total. The largest absolute Gasteiger partial charge is 0.496 e. The van der Waals surface area contributed by atoms with Gasteiger partial charge in [-0.3, -0.25) is 4.99 Å². The normalized spacial score (nSPS) is 20.5. The number of aliphatic imine (C=N–C) groups is 1. The van der Waals surface area contributed by atoms with Crippen molar-refractivity contribution in [1.82, 2.24) is 25.4 Å². The lowest BCUT2D eigenvalue weighted by Gasteiger charge is -2.25. The van der Waals surface area contributed by atoms with E-state index in [2.05, 4.69) is 44.8 Å². The van der Waals surface area contributed by atoms with E-state index >= 15 is 0 Å². The zero-order valence-corrected chi connectivity index (χ0v) is 18.8.